The lowest BCUT2D eigenvalue weighted by Crippen LogP contribution is -2.52. The van der Waals surface area contributed by atoms with E-state index in [1.54, 1.807) is 45.0 Å². The highest BCUT2D eigenvalue weighted by Gasteiger charge is 2.51. The number of para-hydroxylation sites is 1. The van der Waals surface area contributed by atoms with E-state index in [4.69, 9.17) is 12.2 Å². The van der Waals surface area contributed by atoms with Gasteiger partial charge in [-0.25, -0.2) is 14.5 Å². The molecule has 2 aliphatic rings. The molecule has 0 radical (unpaired) electrons. The molecule has 6 nitrogen and oxygen atoms in total. The van der Waals surface area contributed by atoms with Crippen LogP contribution in [0.15, 0.2) is 36.5 Å². The lowest BCUT2D eigenvalue weighted by atomic mass is 9.86. The van der Waals surface area contributed by atoms with Crippen LogP contribution in [0, 0.1) is 0 Å². The molecule has 0 aromatic heterocycles. The number of nitrogens with one attached hydrogen (secondary N) is 1. The molecule has 0 bridgehead atoms. The van der Waals surface area contributed by atoms with Crippen LogP contribution in [0.5, 0.6) is 0 Å². The Kier molecular flexibility index (Phi) is 2.83. The first-order valence-corrected chi connectivity index (χ1v) is 7.28. The topological polar surface area (TPSA) is 67.9 Å². The number of alkyl carbamates (subject to hydrolysis) is 1. The van der Waals surface area contributed by atoms with E-state index in [1.807, 2.05) is 0 Å². The summed E-state index contributed by atoms with van der Waals surface area (Å²) >= 11 is 0. The van der Waals surface area contributed by atoms with Gasteiger partial charge in [-0.05, 0) is 26.8 Å². The Morgan fingerprint density at radius 3 is 2.83 bits per heavy atom. The molecule has 2 amide bonds. The summed E-state index contributed by atoms with van der Waals surface area (Å²) in [4.78, 5) is 25.9. The van der Waals surface area contributed by atoms with Crippen molar-refractivity contribution in [2.45, 2.75) is 38.3 Å². The van der Waals surface area contributed by atoms with Gasteiger partial charge >= 0.3 is 12.2 Å². The van der Waals surface area contributed by atoms with Crippen LogP contribution in [0.2, 0.25) is 0 Å². The first-order valence-electron chi connectivity index (χ1n) is 8.28. The van der Waals surface area contributed by atoms with Crippen molar-refractivity contribution in [3.63, 3.8) is 0 Å². The molecule has 0 saturated carbocycles. The fraction of sp³-hybridized carbons (Fsp3) is 0.412. The summed E-state index contributed by atoms with van der Waals surface area (Å²) in [6, 6.07) is 6.94. The van der Waals surface area contributed by atoms with Gasteiger partial charge in [0, 0.05) is 12.0 Å². The zero-order chi connectivity index (χ0) is 18.6. The number of hydrogen-bond donors (Lipinski definition) is 1. The zero-order valence-electron chi connectivity index (χ0n) is 15.3. The van der Waals surface area contributed by atoms with Gasteiger partial charge in [0.25, 0.3) is 0 Å². The molecule has 3 rings (SSSR count). The largest absolute Gasteiger partial charge is 0.449 e. The number of fused-ring (bicyclic) bond motifs is 2. The van der Waals surface area contributed by atoms with E-state index in [2.05, 4.69) is 11.9 Å². The molecule has 2 heterocycles. The van der Waals surface area contributed by atoms with Gasteiger partial charge in [0.2, 0.25) is 0 Å². The maximum absolute atomic E-state index is 12.7. The summed E-state index contributed by atoms with van der Waals surface area (Å²) in [7, 11) is 0. The number of rotatable bonds is 0. The number of nitrogens with zero attached hydrogens (tertiary/aromatic N) is 1. The maximum Gasteiger partial charge on any atom is 0.419 e. The molecule has 1 spiro atoms. The van der Waals surface area contributed by atoms with E-state index < -0.39 is 29.9 Å². The van der Waals surface area contributed by atoms with Crippen LogP contribution in [0.3, 0.4) is 0 Å². The summed E-state index contributed by atoms with van der Waals surface area (Å²) in [5, 5.41) is 2.65. The number of carbonyl (C=O) groups is 2. The number of carbonyl (C=O) groups excluding carboxylic acids is 2. The van der Waals surface area contributed by atoms with Gasteiger partial charge in [-0.3, -0.25) is 0 Å². The summed E-state index contributed by atoms with van der Waals surface area (Å²) in [5.41, 5.74) is -0.684. The van der Waals surface area contributed by atoms with Crippen molar-refractivity contribution in [2.75, 3.05) is 11.5 Å². The van der Waals surface area contributed by atoms with E-state index in [0.717, 1.165) is 0 Å². The monoisotopic (exact) mass is 318 g/mol. The Labute approximate surface area is 137 Å². The fourth-order valence-electron chi connectivity index (χ4n) is 2.83. The third-order valence-electron chi connectivity index (χ3n) is 3.76. The molecule has 1 atom stereocenters. The summed E-state index contributed by atoms with van der Waals surface area (Å²) in [6.07, 6.45) is -1.75. The molecule has 122 valence electrons. The van der Waals surface area contributed by atoms with Gasteiger partial charge in [-0.2, -0.15) is 0 Å². The highest BCUT2D eigenvalue weighted by Crippen LogP contribution is 2.49. The SMILES string of the molecule is [2H]C1([2H])C[C@]2(NC(=O)O1)C(=C)N(C(=O)OC(C)(C)C)c1ccccc12. The second-order valence-electron chi connectivity index (χ2n) is 6.52. The number of anilines is 1. The molecule has 1 N–H and O–H groups in total. The van der Waals surface area contributed by atoms with Crippen molar-refractivity contribution in [1.82, 2.24) is 5.32 Å². The maximum atomic E-state index is 12.7. The Morgan fingerprint density at radius 2 is 2.17 bits per heavy atom. The highest BCUT2D eigenvalue weighted by atomic mass is 16.6. The van der Waals surface area contributed by atoms with Crippen molar-refractivity contribution < 1.29 is 21.8 Å². The second-order valence-corrected chi connectivity index (χ2v) is 6.52. The standard InChI is InChI=1S/C17H20N2O4/c1-11-17(9-10-22-14(20)18-17)12-7-5-6-8-13(12)19(11)15(21)23-16(2,3)4/h5-8H,1,9-10H2,2-4H3,(H,18,20)/t17-/m0/s1/i10D2. The number of amides is 2. The van der Waals surface area contributed by atoms with Gasteiger partial charge in [-0.1, -0.05) is 24.8 Å². The lowest BCUT2D eigenvalue weighted by molar-refractivity contribution is 0.0580. The van der Waals surface area contributed by atoms with Crippen molar-refractivity contribution in [3.8, 4) is 0 Å². The van der Waals surface area contributed by atoms with E-state index in [1.165, 1.54) is 4.90 Å². The average Bonchev–Trinajstić information content (AvgIpc) is 2.64. The Hall–Kier alpha value is -2.50. The Bertz CT molecular complexity index is 772. The minimum Gasteiger partial charge on any atom is -0.449 e. The molecule has 1 fully saturated rings. The molecule has 0 aliphatic carbocycles. The molecule has 1 saturated heterocycles. The number of benzene rings is 1. The third kappa shape index (κ3) is 2.44. The van der Waals surface area contributed by atoms with E-state index in [-0.39, 0.29) is 12.1 Å². The normalized spacial score (nSPS) is 26.8. The van der Waals surface area contributed by atoms with Crippen molar-refractivity contribution in [1.29, 1.82) is 0 Å². The minimum absolute atomic E-state index is 0.207. The number of cyclic esters (lactones) is 1. The molecule has 1 aromatic carbocycles. The van der Waals surface area contributed by atoms with E-state index >= 15 is 0 Å². The van der Waals surface area contributed by atoms with Crippen LogP contribution >= 0.6 is 0 Å². The first-order chi connectivity index (χ1) is 11.5. The van der Waals surface area contributed by atoms with Crippen LogP contribution in [0.1, 0.15) is 35.5 Å². The van der Waals surface area contributed by atoms with Gasteiger partial charge in [0.15, 0.2) is 0 Å². The molecule has 6 heteroatoms. The van der Waals surface area contributed by atoms with Crippen LogP contribution in [-0.2, 0) is 15.0 Å². The predicted molar refractivity (Wildman–Crippen MR) is 85.1 cm³/mol. The molecule has 2 aliphatic heterocycles. The first kappa shape index (κ1) is 13.0. The molecule has 23 heavy (non-hydrogen) atoms. The van der Waals surface area contributed by atoms with Crippen LogP contribution < -0.4 is 10.2 Å². The van der Waals surface area contributed by atoms with Crippen molar-refractivity contribution >= 4 is 17.9 Å². The zero-order valence-corrected chi connectivity index (χ0v) is 13.3. The Balaban J connectivity index is 2.10. The number of ether oxygens (including phenoxy) is 2. The van der Waals surface area contributed by atoms with Crippen LogP contribution in [0.25, 0.3) is 0 Å². The second kappa shape index (κ2) is 5.01. The minimum atomic E-state index is -2.19. The Morgan fingerprint density at radius 1 is 1.48 bits per heavy atom. The molecule has 0 unspecified atom stereocenters. The van der Waals surface area contributed by atoms with Gasteiger partial charge < -0.3 is 14.8 Å². The smallest absolute Gasteiger partial charge is 0.419 e. The number of hydrogen-bond acceptors (Lipinski definition) is 4. The van der Waals surface area contributed by atoms with Gasteiger partial charge in [0.05, 0.1) is 20.7 Å². The fourth-order valence-corrected chi connectivity index (χ4v) is 2.83. The lowest BCUT2D eigenvalue weighted by Gasteiger charge is -2.36. The van der Waals surface area contributed by atoms with E-state index in [9.17, 15) is 9.59 Å². The van der Waals surface area contributed by atoms with E-state index in [0.29, 0.717) is 11.3 Å². The predicted octanol–water partition coefficient (Wildman–Crippen LogP) is 3.28. The summed E-state index contributed by atoms with van der Waals surface area (Å²) in [6.45, 7) is 7.03. The highest BCUT2D eigenvalue weighted by molar-refractivity contribution is 5.97. The average molecular weight is 318 g/mol. The quantitative estimate of drug-likeness (QED) is 0.797. The van der Waals surface area contributed by atoms with Gasteiger partial charge in [-0.15, -0.1) is 0 Å². The van der Waals surface area contributed by atoms with Crippen molar-refractivity contribution in [3.05, 3.63) is 42.1 Å². The van der Waals surface area contributed by atoms with Gasteiger partial charge in [0.1, 0.15) is 11.1 Å². The third-order valence-corrected chi connectivity index (χ3v) is 3.76. The van der Waals surface area contributed by atoms with Crippen LogP contribution in [0.4, 0.5) is 15.3 Å². The summed E-state index contributed by atoms with van der Waals surface area (Å²) < 4.78 is 26.0. The van der Waals surface area contributed by atoms with Crippen LogP contribution in [-0.4, -0.2) is 24.3 Å². The molecule has 1 aromatic rings. The van der Waals surface area contributed by atoms with Crippen molar-refractivity contribution in [2.24, 2.45) is 0 Å². The molecular formula is C17H20N2O4. The molecular weight excluding hydrogens is 296 g/mol. The summed E-state index contributed by atoms with van der Waals surface area (Å²) in [5.74, 6) is 0.